The molecule has 3 N–H and O–H groups in total. The summed E-state index contributed by atoms with van der Waals surface area (Å²) in [5.41, 5.74) is 1.15. The van der Waals surface area contributed by atoms with Gasteiger partial charge in [0, 0.05) is 52.0 Å². The lowest BCUT2D eigenvalue weighted by atomic mass is 10.2. The van der Waals surface area contributed by atoms with Crippen molar-refractivity contribution in [3.63, 3.8) is 0 Å². The van der Waals surface area contributed by atoms with Gasteiger partial charge in [0.2, 0.25) is 5.91 Å². The van der Waals surface area contributed by atoms with E-state index in [1.54, 1.807) is 12.0 Å². The number of amides is 3. The molecule has 1 saturated heterocycles. The summed E-state index contributed by atoms with van der Waals surface area (Å²) in [4.78, 5) is 43.6. The average Bonchev–Trinajstić information content (AvgIpc) is 3.25. The van der Waals surface area contributed by atoms with Gasteiger partial charge in [-0.3, -0.25) is 9.59 Å². The van der Waals surface area contributed by atoms with Crippen LogP contribution in [-0.2, 0) is 9.53 Å². The van der Waals surface area contributed by atoms with Crippen molar-refractivity contribution in [3.05, 3.63) is 36.0 Å². The van der Waals surface area contributed by atoms with E-state index in [1.165, 1.54) is 16.2 Å². The van der Waals surface area contributed by atoms with Crippen molar-refractivity contribution in [3.8, 4) is 10.6 Å². The van der Waals surface area contributed by atoms with Gasteiger partial charge in [0.15, 0.2) is 5.69 Å². The van der Waals surface area contributed by atoms with Gasteiger partial charge < -0.3 is 30.3 Å². The van der Waals surface area contributed by atoms with Gasteiger partial charge >= 0.3 is 6.09 Å². The van der Waals surface area contributed by atoms with Crippen LogP contribution < -0.4 is 10.6 Å². The van der Waals surface area contributed by atoms with Gasteiger partial charge in [-0.05, 0) is 6.42 Å². The van der Waals surface area contributed by atoms with Crippen molar-refractivity contribution < 1.29 is 24.2 Å². The van der Waals surface area contributed by atoms with Crippen LogP contribution in [0.4, 0.5) is 9.80 Å². The fourth-order valence-corrected chi connectivity index (χ4v) is 4.21. The molecule has 1 aromatic heterocycles. The molecule has 3 rings (SSSR count). The van der Waals surface area contributed by atoms with Crippen LogP contribution in [0, 0.1) is 0 Å². The minimum absolute atomic E-state index is 0.173. The second kappa shape index (κ2) is 11.4. The molecule has 1 aliphatic rings. The number of anilines is 1. The Labute approximate surface area is 190 Å². The molecule has 1 aliphatic heterocycles. The molecule has 0 aliphatic carbocycles. The molecule has 0 unspecified atom stereocenters. The second-order valence-electron chi connectivity index (χ2n) is 7.17. The molecule has 2 aromatic rings. The smallest absolute Gasteiger partial charge is 0.407 e. The lowest BCUT2D eigenvalue weighted by Gasteiger charge is -2.33. The monoisotopic (exact) mass is 461 g/mol. The van der Waals surface area contributed by atoms with Gasteiger partial charge in [0.05, 0.1) is 6.54 Å². The number of carboxylic acid groups (broad SMARTS) is 1. The van der Waals surface area contributed by atoms with E-state index in [1.807, 2.05) is 30.3 Å². The first kappa shape index (κ1) is 23.5. The van der Waals surface area contributed by atoms with E-state index in [0.717, 1.165) is 12.0 Å². The van der Waals surface area contributed by atoms with E-state index >= 15 is 0 Å². The SMILES string of the molecule is COCCCNc1sc(-c2ccccc2)nc1C(=O)NCC(=O)N1CCN(C(=O)O)CC1. The topological polar surface area (TPSA) is 124 Å². The zero-order chi connectivity index (χ0) is 22.9. The maximum Gasteiger partial charge on any atom is 0.407 e. The Morgan fingerprint density at radius 2 is 1.81 bits per heavy atom. The van der Waals surface area contributed by atoms with E-state index in [9.17, 15) is 14.4 Å². The van der Waals surface area contributed by atoms with Crippen molar-refractivity contribution in [2.75, 3.05) is 58.3 Å². The average molecular weight is 462 g/mol. The molecule has 1 fully saturated rings. The molecule has 2 heterocycles. The van der Waals surface area contributed by atoms with Crippen LogP contribution in [0.3, 0.4) is 0 Å². The molecule has 0 spiro atoms. The molecule has 0 saturated carbocycles. The summed E-state index contributed by atoms with van der Waals surface area (Å²) >= 11 is 1.38. The lowest BCUT2D eigenvalue weighted by Crippen LogP contribution is -2.52. The molecule has 32 heavy (non-hydrogen) atoms. The van der Waals surface area contributed by atoms with E-state index in [0.29, 0.717) is 36.2 Å². The lowest BCUT2D eigenvalue weighted by molar-refractivity contribution is -0.131. The predicted octanol–water partition coefficient (Wildman–Crippen LogP) is 1.81. The van der Waals surface area contributed by atoms with Crippen molar-refractivity contribution in [2.45, 2.75) is 6.42 Å². The highest BCUT2D eigenvalue weighted by Crippen LogP contribution is 2.32. The molecule has 10 nitrogen and oxygen atoms in total. The summed E-state index contributed by atoms with van der Waals surface area (Å²) in [6, 6.07) is 9.58. The number of nitrogens with one attached hydrogen (secondary N) is 2. The highest BCUT2D eigenvalue weighted by Gasteiger charge is 2.25. The summed E-state index contributed by atoms with van der Waals surface area (Å²) in [6.45, 7) is 2.19. The zero-order valence-corrected chi connectivity index (χ0v) is 18.7. The number of nitrogens with zero attached hydrogens (tertiary/aromatic N) is 3. The Kier molecular flexibility index (Phi) is 8.40. The van der Waals surface area contributed by atoms with Crippen molar-refractivity contribution in [1.29, 1.82) is 0 Å². The highest BCUT2D eigenvalue weighted by atomic mass is 32.1. The van der Waals surface area contributed by atoms with Crippen LogP contribution in [0.25, 0.3) is 10.6 Å². The normalized spacial score (nSPS) is 13.7. The first-order valence-corrected chi connectivity index (χ1v) is 11.1. The standard InChI is InChI=1S/C21H27N5O5S/c1-31-13-5-8-22-20-17(24-19(32-20)15-6-3-2-4-7-15)18(28)23-14-16(27)25-9-11-26(12-10-25)21(29)30/h2-4,6-7,22H,5,8-14H2,1H3,(H,23,28)(H,29,30). The quantitative estimate of drug-likeness (QED) is 0.487. The van der Waals surface area contributed by atoms with E-state index in [4.69, 9.17) is 9.84 Å². The van der Waals surface area contributed by atoms with Crippen LogP contribution in [0.5, 0.6) is 0 Å². The largest absolute Gasteiger partial charge is 0.465 e. The number of hydrogen-bond donors (Lipinski definition) is 3. The van der Waals surface area contributed by atoms with Crippen LogP contribution in [0.2, 0.25) is 0 Å². The number of thiazole rings is 1. The van der Waals surface area contributed by atoms with E-state index in [-0.39, 0.29) is 31.2 Å². The summed E-state index contributed by atoms with van der Waals surface area (Å²) in [5.74, 6) is -0.688. The first-order chi connectivity index (χ1) is 15.5. The number of carbonyl (C=O) groups is 3. The summed E-state index contributed by atoms with van der Waals surface area (Å²) < 4.78 is 5.07. The van der Waals surface area contributed by atoms with Gasteiger partial charge in [-0.15, -0.1) is 0 Å². The molecule has 0 atom stereocenters. The molecule has 0 bridgehead atoms. The molecule has 172 valence electrons. The van der Waals surface area contributed by atoms with Gasteiger partial charge in [-0.25, -0.2) is 9.78 Å². The maximum atomic E-state index is 12.8. The van der Waals surface area contributed by atoms with E-state index in [2.05, 4.69) is 15.6 Å². The van der Waals surface area contributed by atoms with Crippen LogP contribution >= 0.6 is 11.3 Å². The Morgan fingerprint density at radius 3 is 2.47 bits per heavy atom. The summed E-state index contributed by atoms with van der Waals surface area (Å²) in [7, 11) is 1.64. The number of carbonyl (C=O) groups excluding carboxylic acids is 2. The van der Waals surface area contributed by atoms with Crippen molar-refractivity contribution in [1.82, 2.24) is 20.1 Å². The summed E-state index contributed by atoms with van der Waals surface area (Å²) in [6.07, 6.45) is -0.217. The Morgan fingerprint density at radius 1 is 1.12 bits per heavy atom. The fourth-order valence-electron chi connectivity index (χ4n) is 3.22. The van der Waals surface area contributed by atoms with Crippen molar-refractivity contribution in [2.24, 2.45) is 0 Å². The molecular formula is C21H27N5O5S. The number of methoxy groups -OCH3 is 1. The van der Waals surface area contributed by atoms with Crippen LogP contribution in [-0.4, -0.2) is 90.8 Å². The fraction of sp³-hybridized carbons (Fsp3) is 0.429. The third-order valence-corrected chi connectivity index (χ3v) is 6.04. The number of benzene rings is 1. The number of rotatable bonds is 9. The Bertz CT molecular complexity index is 928. The minimum Gasteiger partial charge on any atom is -0.465 e. The van der Waals surface area contributed by atoms with Gasteiger partial charge in [0.25, 0.3) is 5.91 Å². The number of ether oxygens (including phenoxy) is 1. The number of hydrogen-bond acceptors (Lipinski definition) is 7. The minimum atomic E-state index is -0.992. The molecular weight excluding hydrogens is 434 g/mol. The first-order valence-electron chi connectivity index (χ1n) is 10.3. The molecule has 3 amide bonds. The van der Waals surface area contributed by atoms with Crippen molar-refractivity contribution >= 4 is 34.2 Å². The predicted molar refractivity (Wildman–Crippen MR) is 121 cm³/mol. The number of aromatic nitrogens is 1. The zero-order valence-electron chi connectivity index (χ0n) is 17.9. The van der Waals surface area contributed by atoms with Gasteiger partial charge in [-0.1, -0.05) is 41.7 Å². The summed E-state index contributed by atoms with van der Waals surface area (Å²) in [5, 5.41) is 16.3. The second-order valence-corrected chi connectivity index (χ2v) is 8.17. The molecule has 0 radical (unpaired) electrons. The Balaban J connectivity index is 1.63. The third kappa shape index (κ3) is 6.17. The number of piperazine rings is 1. The molecule has 1 aromatic carbocycles. The third-order valence-electron chi connectivity index (χ3n) is 4.98. The van der Waals surface area contributed by atoms with Gasteiger partial charge in [0.1, 0.15) is 10.0 Å². The van der Waals surface area contributed by atoms with Gasteiger partial charge in [-0.2, -0.15) is 0 Å². The van der Waals surface area contributed by atoms with E-state index < -0.39 is 12.0 Å². The molecule has 11 heteroatoms. The maximum absolute atomic E-state index is 12.8. The highest BCUT2D eigenvalue weighted by molar-refractivity contribution is 7.19. The Hall–Kier alpha value is -3.18. The van der Waals surface area contributed by atoms with Crippen LogP contribution in [0.15, 0.2) is 30.3 Å². The van der Waals surface area contributed by atoms with Crippen LogP contribution in [0.1, 0.15) is 16.9 Å².